The van der Waals surface area contributed by atoms with Gasteiger partial charge in [0.25, 0.3) is 0 Å². The Balaban J connectivity index is 2.58. The van der Waals surface area contributed by atoms with E-state index < -0.39 is 5.82 Å². The zero-order valence-corrected chi connectivity index (χ0v) is 12.3. The third-order valence-electron chi connectivity index (χ3n) is 2.83. The van der Waals surface area contributed by atoms with Crippen molar-refractivity contribution < 1.29 is 18.9 Å². The van der Waals surface area contributed by atoms with Crippen LogP contribution in [0.4, 0.5) is 0 Å². The van der Waals surface area contributed by atoms with Gasteiger partial charge in [-0.1, -0.05) is 18.2 Å². The Morgan fingerprint density at radius 2 is 2.14 bits per heavy atom. The second-order valence-electron chi connectivity index (χ2n) is 4.37. The lowest BCUT2D eigenvalue weighted by Gasteiger charge is -2.13. The van der Waals surface area contributed by atoms with Crippen LogP contribution in [0.2, 0.25) is 5.82 Å². The van der Waals surface area contributed by atoms with Gasteiger partial charge in [0.15, 0.2) is 0 Å². The highest BCUT2D eigenvalue weighted by Gasteiger charge is 2.22. The molecule has 113 valence electrons. The third-order valence-corrected chi connectivity index (χ3v) is 2.83. The minimum atomic E-state index is -0.480. The molecular weight excluding hydrogens is 269 g/mol. The van der Waals surface area contributed by atoms with Crippen LogP contribution in [0.5, 0.6) is 5.75 Å². The maximum Gasteiger partial charge on any atom is 0.309 e. The van der Waals surface area contributed by atoms with Crippen molar-refractivity contribution in [1.82, 2.24) is 0 Å². The van der Waals surface area contributed by atoms with E-state index in [1.54, 1.807) is 0 Å². The maximum absolute atomic E-state index is 11.7. The van der Waals surface area contributed by atoms with Crippen LogP contribution in [0.15, 0.2) is 36.9 Å². The summed E-state index contributed by atoms with van der Waals surface area (Å²) in [6, 6.07) is 7.57. The number of nitrogens with two attached hydrogens (primary N) is 1. The van der Waals surface area contributed by atoms with Gasteiger partial charge in [-0.15, -0.1) is 6.58 Å². The molecule has 0 amide bonds. The average molecular weight is 290 g/mol. The fourth-order valence-electron chi connectivity index (χ4n) is 1.75. The van der Waals surface area contributed by atoms with Crippen molar-refractivity contribution in [2.45, 2.75) is 18.7 Å². The number of ether oxygens (including phenoxy) is 2. The lowest BCUT2D eigenvalue weighted by atomic mass is 9.76. The van der Waals surface area contributed by atoms with Crippen LogP contribution in [-0.2, 0) is 20.6 Å². The summed E-state index contributed by atoms with van der Waals surface area (Å²) in [4.78, 5) is 11.7. The first kappa shape index (κ1) is 17.3. The fraction of sp³-hybridized carbons (Fsp3) is 0.400. The highest BCUT2D eigenvalue weighted by Crippen LogP contribution is 2.18. The summed E-state index contributed by atoms with van der Waals surface area (Å²) >= 11 is 0. The number of benzene rings is 1. The van der Waals surface area contributed by atoms with Crippen molar-refractivity contribution in [1.29, 1.82) is 0 Å². The minimum Gasteiger partial charge on any atom is -0.493 e. The van der Waals surface area contributed by atoms with Gasteiger partial charge in [-0.25, -0.2) is 0 Å². The fourth-order valence-corrected chi connectivity index (χ4v) is 1.75. The molecule has 0 fully saturated rings. The first-order chi connectivity index (χ1) is 10.2. The first-order valence-electron chi connectivity index (χ1n) is 6.76. The molecule has 2 N–H and O–H groups in total. The molecule has 0 aliphatic rings. The van der Waals surface area contributed by atoms with Gasteiger partial charge < -0.3 is 19.9 Å². The second kappa shape index (κ2) is 10.0. The molecule has 0 saturated carbocycles. The van der Waals surface area contributed by atoms with Gasteiger partial charge >= 0.3 is 13.5 Å². The summed E-state index contributed by atoms with van der Waals surface area (Å²) in [5.41, 5.74) is 6.25. The third kappa shape index (κ3) is 6.47. The summed E-state index contributed by atoms with van der Waals surface area (Å²) < 4.78 is 15.3. The van der Waals surface area contributed by atoms with Crippen molar-refractivity contribution in [3.63, 3.8) is 0 Å². The van der Waals surface area contributed by atoms with Crippen LogP contribution in [0.25, 0.3) is 0 Å². The Morgan fingerprint density at radius 1 is 1.43 bits per heavy atom. The Labute approximate surface area is 126 Å². The Hall–Kier alpha value is -1.79. The molecule has 0 heterocycles. The van der Waals surface area contributed by atoms with E-state index in [0.29, 0.717) is 13.0 Å². The zero-order valence-electron chi connectivity index (χ0n) is 12.3. The first-order valence-corrected chi connectivity index (χ1v) is 6.76. The van der Waals surface area contributed by atoms with Crippen LogP contribution < -0.4 is 10.5 Å². The number of hydrogen-bond acceptors (Lipinski definition) is 5. The Morgan fingerprint density at radius 3 is 2.71 bits per heavy atom. The predicted molar refractivity (Wildman–Crippen MR) is 82.1 cm³/mol. The number of hydrogen-bond donors (Lipinski definition) is 1. The Kier molecular flexibility index (Phi) is 8.24. The second-order valence-corrected chi connectivity index (χ2v) is 4.37. The van der Waals surface area contributed by atoms with Crippen LogP contribution in [-0.4, -0.2) is 33.9 Å². The van der Waals surface area contributed by atoms with Gasteiger partial charge in [0, 0.05) is 0 Å². The highest BCUT2D eigenvalue weighted by atomic mass is 16.5. The monoisotopic (exact) mass is 290 g/mol. The zero-order chi connectivity index (χ0) is 15.5. The van der Waals surface area contributed by atoms with E-state index in [4.69, 9.17) is 19.9 Å². The van der Waals surface area contributed by atoms with Gasteiger partial charge in [-0.3, -0.25) is 4.79 Å². The van der Waals surface area contributed by atoms with Crippen molar-refractivity contribution in [2.24, 2.45) is 5.73 Å². The molecule has 0 bridgehead atoms. The summed E-state index contributed by atoms with van der Waals surface area (Å²) in [5.74, 6) is -0.0433. The van der Waals surface area contributed by atoms with Crippen LogP contribution >= 0.6 is 0 Å². The average Bonchev–Trinajstić information content (AvgIpc) is 2.52. The van der Waals surface area contributed by atoms with E-state index in [2.05, 4.69) is 6.58 Å². The van der Waals surface area contributed by atoms with Crippen LogP contribution in [0, 0.1) is 0 Å². The molecule has 0 saturated heterocycles. The predicted octanol–water partition coefficient (Wildman–Crippen LogP) is 1.70. The van der Waals surface area contributed by atoms with Crippen molar-refractivity contribution in [3.05, 3.63) is 42.5 Å². The summed E-state index contributed by atoms with van der Waals surface area (Å²) in [6.45, 7) is 4.27. The van der Waals surface area contributed by atoms with Crippen LogP contribution in [0.1, 0.15) is 12.0 Å². The van der Waals surface area contributed by atoms with Gasteiger partial charge in [-0.05, 0) is 30.5 Å². The highest BCUT2D eigenvalue weighted by molar-refractivity contribution is 6.36. The van der Waals surface area contributed by atoms with Gasteiger partial charge in [0.2, 0.25) is 0 Å². The van der Waals surface area contributed by atoms with Crippen molar-refractivity contribution in [2.75, 3.05) is 20.4 Å². The molecule has 0 aliphatic heterocycles. The van der Waals surface area contributed by atoms with E-state index in [9.17, 15) is 4.79 Å². The van der Waals surface area contributed by atoms with E-state index in [0.717, 1.165) is 17.7 Å². The van der Waals surface area contributed by atoms with E-state index >= 15 is 0 Å². The lowest BCUT2D eigenvalue weighted by Crippen LogP contribution is -2.23. The number of carbonyl (C=O) groups excluding carboxylic acids is 1. The van der Waals surface area contributed by atoms with E-state index in [1.807, 2.05) is 30.3 Å². The molecule has 21 heavy (non-hydrogen) atoms. The molecule has 5 nitrogen and oxygen atoms in total. The number of rotatable bonds is 10. The van der Waals surface area contributed by atoms with E-state index in [1.165, 1.54) is 14.6 Å². The summed E-state index contributed by atoms with van der Waals surface area (Å²) in [5, 5.41) is 0. The van der Waals surface area contributed by atoms with Crippen molar-refractivity contribution >= 4 is 13.5 Å². The number of esters is 1. The van der Waals surface area contributed by atoms with Gasteiger partial charge in [-0.2, -0.15) is 0 Å². The summed E-state index contributed by atoms with van der Waals surface area (Å²) in [7, 11) is 2.77. The molecule has 0 unspecified atom stereocenters. The lowest BCUT2D eigenvalue weighted by molar-refractivity contribution is -0.140. The molecule has 1 radical (unpaired) electrons. The summed E-state index contributed by atoms with van der Waals surface area (Å²) in [6.07, 6.45) is 3.10. The number of carbonyl (C=O) groups is 1. The molecule has 1 aromatic rings. The van der Waals surface area contributed by atoms with Gasteiger partial charge in [0.1, 0.15) is 5.75 Å². The smallest absolute Gasteiger partial charge is 0.309 e. The normalized spacial score (nSPS) is 11.5. The topological polar surface area (TPSA) is 70.8 Å². The maximum atomic E-state index is 11.7. The quantitative estimate of drug-likeness (QED) is 0.233. The molecule has 6 heteroatoms. The molecule has 1 atom stereocenters. The molecule has 1 rings (SSSR count). The molecular formula is C15H21BNO4. The Bertz CT molecular complexity index is 436. The van der Waals surface area contributed by atoms with E-state index in [-0.39, 0.29) is 12.7 Å². The molecule has 0 aromatic heterocycles. The van der Waals surface area contributed by atoms with Crippen LogP contribution in [0.3, 0.4) is 0 Å². The van der Waals surface area contributed by atoms with Crippen molar-refractivity contribution in [3.8, 4) is 5.75 Å². The van der Waals surface area contributed by atoms with Gasteiger partial charge in [0.05, 0.1) is 26.3 Å². The molecule has 0 spiro atoms. The molecule has 1 aromatic carbocycles. The minimum absolute atomic E-state index is 0.0313. The standard InChI is InChI=1S/C15H21BNO4/c1-3-4-9-20-13-7-5-12(6-8-13)10-14(15(18)19-2)16-21-11-17/h3,5-8,14H,1,4,9-11,17H2,2H3/t14-/m0/s1. The molecule has 0 aliphatic carbocycles. The largest absolute Gasteiger partial charge is 0.493 e. The number of methoxy groups -OCH3 is 1. The SMILES string of the molecule is C=CCCOc1ccc(C[C@H]([B]OCN)C(=O)OC)cc1.